The molecule has 0 aliphatic carbocycles. The number of hydrogen-bond acceptors (Lipinski definition) is 15. The molecule has 6 N–H and O–H groups in total. The van der Waals surface area contributed by atoms with Crippen LogP contribution in [0.3, 0.4) is 0 Å². The maximum atomic E-state index is 11.4. The number of azo groups is 2. The Morgan fingerprint density at radius 1 is 0.527 bits per heavy atom. The van der Waals surface area contributed by atoms with Gasteiger partial charge in [-0.05, 0) is 84.9 Å². The van der Waals surface area contributed by atoms with Crippen LogP contribution in [0, 0.1) is 0 Å². The minimum absolute atomic E-state index is 0. The number of carboxylic acids is 4. The van der Waals surface area contributed by atoms with Gasteiger partial charge in [0, 0.05) is 57.2 Å². The summed E-state index contributed by atoms with van der Waals surface area (Å²) in [7, 11) is 0. The topological polar surface area (TPSA) is 274 Å². The summed E-state index contributed by atoms with van der Waals surface area (Å²) in [5, 5.41) is 59.7. The second-order valence-electron chi connectivity index (χ2n) is 11.4. The van der Waals surface area contributed by atoms with E-state index in [9.17, 15) is 39.6 Å². The molecule has 55 heavy (non-hydrogen) atoms. The zero-order chi connectivity index (χ0) is 38.2. The average Bonchev–Trinajstić information content (AvgIpc) is 3.17. The van der Waals surface area contributed by atoms with Crippen molar-refractivity contribution in [1.82, 2.24) is 15.0 Å². The zero-order valence-electron chi connectivity index (χ0n) is 28.4. The van der Waals surface area contributed by atoms with Gasteiger partial charge in [0.1, 0.15) is 0 Å². The Bertz CT molecular complexity index is 2090. The molecule has 1 aliphatic rings. The molecule has 1 fully saturated rings. The van der Waals surface area contributed by atoms with E-state index in [0.29, 0.717) is 55.0 Å². The van der Waals surface area contributed by atoms with Crippen LogP contribution in [-0.4, -0.2) is 85.6 Å². The Hall–Kier alpha value is -6.57. The van der Waals surface area contributed by atoms with Crippen molar-refractivity contribution in [3.05, 3.63) is 107 Å². The van der Waals surface area contributed by atoms with Crippen LogP contribution in [-0.2, 0) is 37.4 Å². The molecule has 1 aromatic heterocycles. The van der Waals surface area contributed by atoms with Crippen molar-refractivity contribution in [2.45, 2.75) is 0 Å². The summed E-state index contributed by atoms with van der Waals surface area (Å²) in [4.78, 5) is 61.3. The first-order valence-electron chi connectivity index (χ1n) is 15.9. The summed E-state index contributed by atoms with van der Waals surface area (Å²) in [6.07, 6.45) is 0. The van der Waals surface area contributed by atoms with Crippen LogP contribution in [0.5, 0.6) is 0 Å². The Balaban J connectivity index is 0.00000580. The molecule has 19 nitrogen and oxygen atoms in total. The minimum atomic E-state index is -1.29. The Kier molecular flexibility index (Phi) is 13.0. The van der Waals surface area contributed by atoms with E-state index >= 15 is 0 Å². The van der Waals surface area contributed by atoms with Gasteiger partial charge < -0.3 is 40.7 Å². The summed E-state index contributed by atoms with van der Waals surface area (Å²) in [6.45, 7) is 2.13. The van der Waals surface area contributed by atoms with E-state index < -0.39 is 23.9 Å². The number of ether oxygens (including phenoxy) is 1. The molecule has 20 heteroatoms. The van der Waals surface area contributed by atoms with Gasteiger partial charge in [0.2, 0.25) is 17.8 Å². The molecule has 4 aromatic carbocycles. The number of nitrogens with zero attached hydrogens (tertiary/aromatic N) is 8. The second kappa shape index (κ2) is 18.0. The standard InChI is InChI=1S/C35H28N10O9.Y/c46-29(47)19-13-20(30(48)49)16-27(15-19)43-41-25-5-1-23(2-6-25)36-33-38-34(40-35(39-33)45-9-11-54-12-10-45)37-24-3-7-26(8-4-24)42-44-28-17-21(31(50)51)14-22(18-28)32(52)53;/h1-8,13-18H,9-12H2,(H,46,47)(H,48,49)(H,50,51)(H,52,53)(H2,36,37,38,39,40);. The number of carboxylic acid groups (broad SMARTS) is 4. The maximum absolute atomic E-state index is 11.4. The van der Waals surface area contributed by atoms with Crippen molar-refractivity contribution < 1.29 is 77.1 Å². The van der Waals surface area contributed by atoms with Crippen LogP contribution in [0.4, 0.5) is 52.0 Å². The molecule has 0 saturated carbocycles. The van der Waals surface area contributed by atoms with E-state index in [1.54, 1.807) is 48.5 Å². The first kappa shape index (κ1) is 39.6. The van der Waals surface area contributed by atoms with Gasteiger partial charge in [0.25, 0.3) is 0 Å². The number of aromatic carboxylic acids is 4. The van der Waals surface area contributed by atoms with Gasteiger partial charge in [-0.1, -0.05) is 0 Å². The predicted molar refractivity (Wildman–Crippen MR) is 191 cm³/mol. The normalized spacial score (nSPS) is 12.6. The van der Waals surface area contributed by atoms with E-state index in [0.717, 1.165) is 12.1 Å². The predicted octanol–water partition coefficient (Wildman–Crippen LogP) is 6.82. The van der Waals surface area contributed by atoms with Crippen molar-refractivity contribution in [3.63, 3.8) is 0 Å². The number of rotatable bonds is 13. The fourth-order valence-electron chi connectivity index (χ4n) is 4.93. The molecular formula is C35H28N10O9Y. The van der Waals surface area contributed by atoms with Crippen LogP contribution in [0.15, 0.2) is 105 Å². The van der Waals surface area contributed by atoms with Crippen LogP contribution in [0.2, 0.25) is 0 Å². The second-order valence-corrected chi connectivity index (χ2v) is 11.4. The van der Waals surface area contributed by atoms with E-state index in [1.807, 2.05) is 4.90 Å². The monoisotopic (exact) mass is 821 g/mol. The first-order valence-corrected chi connectivity index (χ1v) is 15.9. The molecule has 1 radical (unpaired) electrons. The number of anilines is 5. The Morgan fingerprint density at radius 3 is 1.22 bits per heavy atom. The maximum Gasteiger partial charge on any atom is 0.335 e. The Morgan fingerprint density at radius 2 is 0.873 bits per heavy atom. The van der Waals surface area contributed by atoms with Crippen molar-refractivity contribution in [2.75, 3.05) is 41.8 Å². The van der Waals surface area contributed by atoms with E-state index in [-0.39, 0.29) is 78.2 Å². The van der Waals surface area contributed by atoms with Gasteiger partial charge in [-0.3, -0.25) is 0 Å². The first-order chi connectivity index (χ1) is 26.0. The SMILES string of the molecule is O=C(O)c1cc(N=Nc2ccc(Nc3nc(Nc4ccc(N=Nc5cc(C(=O)O)cc(C(=O)O)c5)cc4)nc(N4CCOCC4)n3)cc2)cc(C(=O)O)c1.[Y]. The van der Waals surface area contributed by atoms with E-state index in [4.69, 9.17) is 4.74 Å². The number of nitrogens with one attached hydrogen (secondary N) is 2. The van der Waals surface area contributed by atoms with Crippen LogP contribution < -0.4 is 15.5 Å². The third-order valence-electron chi connectivity index (χ3n) is 7.55. The zero-order valence-corrected chi connectivity index (χ0v) is 31.2. The van der Waals surface area contributed by atoms with Crippen LogP contribution >= 0.6 is 0 Å². The quantitative estimate of drug-likeness (QED) is 0.0665. The van der Waals surface area contributed by atoms with Crippen molar-refractivity contribution >= 4 is 75.8 Å². The van der Waals surface area contributed by atoms with Crippen molar-refractivity contribution in [1.29, 1.82) is 0 Å². The molecule has 275 valence electrons. The van der Waals surface area contributed by atoms with E-state index in [2.05, 4.69) is 46.0 Å². The number of benzene rings is 4. The Labute approximate surface area is 335 Å². The molecule has 0 atom stereocenters. The number of carbonyl (C=O) groups is 4. The fourth-order valence-corrected chi connectivity index (χ4v) is 4.93. The largest absolute Gasteiger partial charge is 0.478 e. The summed E-state index contributed by atoms with van der Waals surface area (Å²) >= 11 is 0. The smallest absolute Gasteiger partial charge is 0.335 e. The molecule has 1 aliphatic heterocycles. The van der Waals surface area contributed by atoms with Crippen LogP contribution in [0.1, 0.15) is 41.4 Å². The summed E-state index contributed by atoms with van der Waals surface area (Å²) in [5.41, 5.74) is 1.22. The summed E-state index contributed by atoms with van der Waals surface area (Å²) in [5.74, 6) is -4.31. The molecule has 0 amide bonds. The van der Waals surface area contributed by atoms with E-state index in [1.165, 1.54) is 24.3 Å². The number of morpholine rings is 1. The van der Waals surface area contributed by atoms with Crippen molar-refractivity contribution in [2.24, 2.45) is 20.5 Å². The average molecular weight is 822 g/mol. The minimum Gasteiger partial charge on any atom is -0.478 e. The summed E-state index contributed by atoms with van der Waals surface area (Å²) in [6, 6.07) is 20.3. The molecule has 2 heterocycles. The van der Waals surface area contributed by atoms with Gasteiger partial charge in [-0.15, -0.1) is 0 Å². The van der Waals surface area contributed by atoms with Crippen molar-refractivity contribution in [3.8, 4) is 0 Å². The van der Waals surface area contributed by atoms with Gasteiger partial charge in [0.05, 0.1) is 58.2 Å². The molecule has 0 spiro atoms. The van der Waals surface area contributed by atoms with Crippen LogP contribution in [0.25, 0.3) is 0 Å². The fraction of sp³-hybridized carbons (Fsp3) is 0.114. The molecule has 0 unspecified atom stereocenters. The number of aromatic nitrogens is 3. The third-order valence-corrected chi connectivity index (χ3v) is 7.55. The molecular weight excluding hydrogens is 793 g/mol. The van der Waals surface area contributed by atoms with Gasteiger partial charge in [-0.2, -0.15) is 35.4 Å². The molecule has 5 aromatic rings. The summed E-state index contributed by atoms with van der Waals surface area (Å²) < 4.78 is 5.48. The van der Waals surface area contributed by atoms with Gasteiger partial charge in [-0.25, -0.2) is 19.2 Å². The third kappa shape index (κ3) is 10.8. The number of hydrogen-bond donors (Lipinski definition) is 6. The molecule has 6 rings (SSSR count). The molecule has 0 bridgehead atoms. The van der Waals surface area contributed by atoms with Gasteiger partial charge >= 0.3 is 23.9 Å². The molecule has 1 saturated heterocycles. The van der Waals surface area contributed by atoms with Gasteiger partial charge in [0.15, 0.2) is 0 Å².